The van der Waals surface area contributed by atoms with Crippen LogP contribution in [0.2, 0.25) is 0 Å². The van der Waals surface area contributed by atoms with Gasteiger partial charge in [-0.3, -0.25) is 9.69 Å². The summed E-state index contributed by atoms with van der Waals surface area (Å²) in [5.41, 5.74) is 5.85. The molecule has 19 heavy (non-hydrogen) atoms. The summed E-state index contributed by atoms with van der Waals surface area (Å²) in [7, 11) is 0. The number of likely N-dealkylation sites (N-methyl/N-ethyl adjacent to an activating group) is 1. The Kier molecular flexibility index (Phi) is 4.04. The zero-order valence-electron chi connectivity index (χ0n) is 11.4. The lowest BCUT2D eigenvalue weighted by atomic mass is 10.1. The smallest absolute Gasteiger partial charge is 0.256 e. The molecule has 0 spiro atoms. The Morgan fingerprint density at radius 1 is 1.47 bits per heavy atom. The van der Waals surface area contributed by atoms with Gasteiger partial charge < -0.3 is 10.6 Å². The van der Waals surface area contributed by atoms with Gasteiger partial charge in [0.1, 0.15) is 5.82 Å². The molecule has 4 nitrogen and oxygen atoms in total. The van der Waals surface area contributed by atoms with E-state index in [0.717, 1.165) is 13.1 Å². The van der Waals surface area contributed by atoms with Gasteiger partial charge in [-0.15, -0.1) is 0 Å². The van der Waals surface area contributed by atoms with Gasteiger partial charge in [-0.25, -0.2) is 4.39 Å². The van der Waals surface area contributed by atoms with Gasteiger partial charge in [-0.2, -0.15) is 0 Å². The Morgan fingerprint density at radius 2 is 2.21 bits per heavy atom. The molecule has 1 aliphatic rings. The van der Waals surface area contributed by atoms with E-state index in [0.29, 0.717) is 19.1 Å². The van der Waals surface area contributed by atoms with Crippen LogP contribution in [0.4, 0.5) is 10.1 Å². The lowest BCUT2D eigenvalue weighted by Crippen LogP contribution is -2.53. The molecule has 104 valence electrons. The summed E-state index contributed by atoms with van der Waals surface area (Å²) < 4.78 is 13.4. The van der Waals surface area contributed by atoms with Crippen LogP contribution in [0.15, 0.2) is 18.2 Å². The van der Waals surface area contributed by atoms with Crippen molar-refractivity contribution >= 4 is 11.6 Å². The Hall–Kier alpha value is -1.62. The topological polar surface area (TPSA) is 49.6 Å². The van der Waals surface area contributed by atoms with E-state index in [9.17, 15) is 9.18 Å². The van der Waals surface area contributed by atoms with E-state index < -0.39 is 5.82 Å². The normalized spacial score (nSPS) is 20.6. The van der Waals surface area contributed by atoms with Crippen LogP contribution in [0, 0.1) is 5.82 Å². The maximum Gasteiger partial charge on any atom is 0.256 e. The van der Waals surface area contributed by atoms with Crippen LogP contribution in [0.1, 0.15) is 24.2 Å². The summed E-state index contributed by atoms with van der Waals surface area (Å²) in [4.78, 5) is 16.4. The SMILES string of the molecule is CCN1CCN(C(=O)c2cccc(F)c2N)CC1C. The second-order valence-electron chi connectivity index (χ2n) is 4.93. The second kappa shape index (κ2) is 5.57. The Morgan fingerprint density at radius 3 is 2.84 bits per heavy atom. The summed E-state index contributed by atoms with van der Waals surface area (Å²) in [6, 6.07) is 4.68. The molecule has 2 N–H and O–H groups in total. The second-order valence-corrected chi connectivity index (χ2v) is 4.93. The van der Waals surface area contributed by atoms with Crippen LogP contribution < -0.4 is 5.73 Å². The predicted molar refractivity (Wildman–Crippen MR) is 73.4 cm³/mol. The number of halogens is 1. The highest BCUT2D eigenvalue weighted by Gasteiger charge is 2.27. The lowest BCUT2D eigenvalue weighted by Gasteiger charge is -2.39. The summed E-state index contributed by atoms with van der Waals surface area (Å²) in [5.74, 6) is -0.717. The van der Waals surface area contributed by atoms with Crippen LogP contribution in [0.25, 0.3) is 0 Å². The van der Waals surface area contributed by atoms with Gasteiger partial charge in [0.2, 0.25) is 0 Å². The third-order valence-corrected chi connectivity index (χ3v) is 3.74. The van der Waals surface area contributed by atoms with E-state index in [-0.39, 0.29) is 17.2 Å². The number of nitrogen functional groups attached to an aromatic ring is 1. The number of benzene rings is 1. The number of amides is 1. The quantitative estimate of drug-likeness (QED) is 0.826. The maximum atomic E-state index is 13.4. The first kappa shape index (κ1) is 13.8. The fourth-order valence-corrected chi connectivity index (χ4v) is 2.54. The average molecular weight is 265 g/mol. The van der Waals surface area contributed by atoms with Crippen LogP contribution in [-0.2, 0) is 0 Å². The lowest BCUT2D eigenvalue weighted by molar-refractivity contribution is 0.0529. The summed E-state index contributed by atoms with van der Waals surface area (Å²) >= 11 is 0. The molecule has 5 heteroatoms. The van der Waals surface area contributed by atoms with Crippen molar-refractivity contribution in [1.29, 1.82) is 0 Å². The zero-order chi connectivity index (χ0) is 14.0. The van der Waals surface area contributed by atoms with Crippen molar-refractivity contribution in [3.05, 3.63) is 29.6 Å². The minimum atomic E-state index is -0.536. The van der Waals surface area contributed by atoms with Gasteiger partial charge in [-0.1, -0.05) is 13.0 Å². The third kappa shape index (κ3) is 2.71. The van der Waals surface area contributed by atoms with E-state index in [2.05, 4.69) is 18.7 Å². The van der Waals surface area contributed by atoms with E-state index in [1.807, 2.05) is 0 Å². The maximum absolute atomic E-state index is 13.4. The van der Waals surface area contributed by atoms with E-state index in [4.69, 9.17) is 5.73 Å². The van der Waals surface area contributed by atoms with Crippen LogP contribution in [-0.4, -0.2) is 47.9 Å². The number of carbonyl (C=O) groups excluding carboxylic acids is 1. The summed E-state index contributed by atoms with van der Waals surface area (Å²) in [6.07, 6.45) is 0. The number of nitrogens with zero attached hydrogens (tertiary/aromatic N) is 2. The van der Waals surface area contributed by atoms with Gasteiger partial charge in [0.25, 0.3) is 5.91 Å². The molecular weight excluding hydrogens is 245 g/mol. The van der Waals surface area contributed by atoms with E-state index in [1.54, 1.807) is 11.0 Å². The average Bonchev–Trinajstić information content (AvgIpc) is 2.41. The molecule has 1 amide bonds. The van der Waals surface area contributed by atoms with Gasteiger partial charge >= 0.3 is 0 Å². The molecule has 1 unspecified atom stereocenters. The van der Waals surface area contributed by atoms with Crippen LogP contribution in [0.5, 0.6) is 0 Å². The minimum Gasteiger partial charge on any atom is -0.396 e. The molecule has 1 aromatic rings. The molecule has 0 saturated carbocycles. The molecule has 1 aliphatic heterocycles. The number of carbonyl (C=O) groups is 1. The highest BCUT2D eigenvalue weighted by atomic mass is 19.1. The fraction of sp³-hybridized carbons (Fsp3) is 0.500. The molecule has 1 fully saturated rings. The number of para-hydroxylation sites is 1. The standard InChI is InChI=1S/C14H20FN3O/c1-3-17-7-8-18(9-10(17)2)14(19)11-5-4-6-12(15)13(11)16/h4-6,10H,3,7-9,16H2,1-2H3. The molecular formula is C14H20FN3O. The van der Waals surface area contributed by atoms with Gasteiger partial charge in [-0.05, 0) is 25.6 Å². The predicted octanol–water partition coefficient (Wildman–Crippen LogP) is 1.57. The molecule has 1 saturated heterocycles. The molecule has 1 atom stereocenters. The van der Waals surface area contributed by atoms with Crippen molar-refractivity contribution in [2.45, 2.75) is 19.9 Å². The molecule has 0 aromatic heterocycles. The molecule has 1 aromatic carbocycles. The van der Waals surface area contributed by atoms with Crippen molar-refractivity contribution in [2.24, 2.45) is 0 Å². The first-order valence-electron chi connectivity index (χ1n) is 6.62. The Labute approximate surface area is 113 Å². The Balaban J connectivity index is 2.15. The third-order valence-electron chi connectivity index (χ3n) is 3.74. The number of hydrogen-bond acceptors (Lipinski definition) is 3. The largest absolute Gasteiger partial charge is 0.396 e. The van der Waals surface area contributed by atoms with Crippen molar-refractivity contribution in [2.75, 3.05) is 31.9 Å². The number of nitrogens with two attached hydrogens (primary N) is 1. The van der Waals surface area contributed by atoms with E-state index in [1.165, 1.54) is 12.1 Å². The minimum absolute atomic E-state index is 0.0573. The van der Waals surface area contributed by atoms with Crippen LogP contribution >= 0.6 is 0 Å². The van der Waals surface area contributed by atoms with Crippen molar-refractivity contribution in [1.82, 2.24) is 9.80 Å². The van der Waals surface area contributed by atoms with Gasteiger partial charge in [0, 0.05) is 25.7 Å². The molecule has 0 bridgehead atoms. The first-order chi connectivity index (χ1) is 9.04. The van der Waals surface area contributed by atoms with E-state index >= 15 is 0 Å². The number of anilines is 1. The molecule has 1 heterocycles. The first-order valence-corrected chi connectivity index (χ1v) is 6.62. The highest BCUT2D eigenvalue weighted by Crippen LogP contribution is 2.19. The van der Waals surface area contributed by atoms with Gasteiger partial charge in [0.15, 0.2) is 0 Å². The van der Waals surface area contributed by atoms with Crippen molar-refractivity contribution < 1.29 is 9.18 Å². The highest BCUT2D eigenvalue weighted by molar-refractivity contribution is 5.99. The zero-order valence-corrected chi connectivity index (χ0v) is 11.4. The number of hydrogen-bond donors (Lipinski definition) is 1. The molecule has 0 radical (unpaired) electrons. The Bertz CT molecular complexity index is 478. The van der Waals surface area contributed by atoms with Crippen molar-refractivity contribution in [3.63, 3.8) is 0 Å². The van der Waals surface area contributed by atoms with Gasteiger partial charge in [0.05, 0.1) is 11.3 Å². The summed E-state index contributed by atoms with van der Waals surface area (Å²) in [5, 5.41) is 0. The number of rotatable bonds is 2. The summed E-state index contributed by atoms with van der Waals surface area (Å²) in [6.45, 7) is 7.34. The number of piperazine rings is 1. The fourth-order valence-electron chi connectivity index (χ4n) is 2.54. The monoisotopic (exact) mass is 265 g/mol. The van der Waals surface area contributed by atoms with Crippen molar-refractivity contribution in [3.8, 4) is 0 Å². The van der Waals surface area contributed by atoms with Crippen LogP contribution in [0.3, 0.4) is 0 Å². The molecule has 0 aliphatic carbocycles. The molecule has 2 rings (SSSR count).